The van der Waals surface area contributed by atoms with Crippen LogP contribution in [-0.4, -0.2) is 38.2 Å². The molecule has 0 saturated heterocycles. The number of rotatable bonds is 5. The number of nitrogens with zero attached hydrogens (tertiary/aromatic N) is 1. The number of hydrogen-bond acceptors (Lipinski definition) is 2. The van der Waals surface area contributed by atoms with Crippen LogP contribution in [0.2, 0.25) is 0 Å². The molecule has 1 unspecified atom stereocenters. The van der Waals surface area contributed by atoms with Crippen molar-refractivity contribution in [2.75, 3.05) is 20.2 Å². The van der Waals surface area contributed by atoms with Crippen LogP contribution in [0.3, 0.4) is 0 Å². The lowest BCUT2D eigenvalue weighted by Gasteiger charge is -2.08. The summed E-state index contributed by atoms with van der Waals surface area (Å²) >= 11 is 0. The molecule has 0 aliphatic carbocycles. The van der Waals surface area contributed by atoms with Crippen molar-refractivity contribution in [1.29, 1.82) is 0 Å². The van der Waals surface area contributed by atoms with Gasteiger partial charge in [0.25, 0.3) is 0 Å². The van der Waals surface area contributed by atoms with Gasteiger partial charge in [-0.25, -0.2) is 0 Å². The van der Waals surface area contributed by atoms with Crippen LogP contribution in [0.1, 0.15) is 0 Å². The Hall–Kier alpha value is -1.50. The highest BCUT2D eigenvalue weighted by atomic mass is 16.5. The van der Waals surface area contributed by atoms with Gasteiger partial charge >= 0.3 is 5.96 Å². The summed E-state index contributed by atoms with van der Waals surface area (Å²) in [4.78, 5) is 6.51. The molecule has 1 atom stereocenters. The quantitative estimate of drug-likeness (QED) is 0.219. The largest absolute Gasteiger partial charge is 0.376 e. The molecule has 13 heavy (non-hydrogen) atoms. The zero-order chi connectivity index (χ0) is 10.3. The predicted octanol–water partition coefficient (Wildman–Crippen LogP) is -4.37. The van der Waals surface area contributed by atoms with Crippen molar-refractivity contribution in [3.63, 3.8) is 0 Å². The van der Waals surface area contributed by atoms with Gasteiger partial charge in [-0.1, -0.05) is 0 Å². The molecule has 76 valence electrons. The fraction of sp³-hybridized carbons (Fsp3) is 0.667. The molecule has 0 rings (SSSR count). The first-order valence-corrected chi connectivity index (χ1v) is 3.76. The first-order valence-electron chi connectivity index (χ1n) is 3.76. The van der Waals surface area contributed by atoms with Crippen LogP contribution in [0.4, 0.5) is 0 Å². The van der Waals surface area contributed by atoms with Gasteiger partial charge in [-0.05, 0) is 0 Å². The third kappa shape index (κ3) is 6.88. The van der Waals surface area contributed by atoms with Crippen molar-refractivity contribution in [2.45, 2.75) is 6.10 Å². The molecule has 0 aromatic carbocycles. The molecule has 0 fully saturated rings. The molecular formula is C6H17N6O+. The van der Waals surface area contributed by atoms with Gasteiger partial charge < -0.3 is 16.2 Å². The van der Waals surface area contributed by atoms with Gasteiger partial charge in [0.1, 0.15) is 6.10 Å². The van der Waals surface area contributed by atoms with Gasteiger partial charge in [-0.3, -0.25) is 21.5 Å². The number of aliphatic imine (C=N–C) groups is 1. The van der Waals surface area contributed by atoms with Crippen LogP contribution in [0.5, 0.6) is 0 Å². The Balaban J connectivity index is 3.90. The van der Waals surface area contributed by atoms with Gasteiger partial charge in [0.2, 0.25) is 0 Å². The minimum absolute atomic E-state index is 0.0340. The number of ether oxygens (including phenoxy) is 1. The molecule has 0 aliphatic rings. The van der Waals surface area contributed by atoms with Crippen molar-refractivity contribution in [2.24, 2.45) is 27.9 Å². The van der Waals surface area contributed by atoms with E-state index in [0.29, 0.717) is 13.1 Å². The topological polar surface area (TPSA) is 140 Å². The summed E-state index contributed by atoms with van der Waals surface area (Å²) in [5, 5.41) is 0. The molecule has 7 heteroatoms. The number of guanidine groups is 2. The summed E-state index contributed by atoms with van der Waals surface area (Å²) < 4.78 is 5.05. The maximum absolute atomic E-state index is 5.19. The van der Waals surface area contributed by atoms with E-state index in [1.54, 1.807) is 7.11 Å². The average Bonchev–Trinajstić information content (AvgIpc) is 2.04. The van der Waals surface area contributed by atoms with Crippen LogP contribution in [0, 0.1) is 0 Å². The Morgan fingerprint density at radius 1 is 1.38 bits per heavy atom. The second kappa shape index (κ2) is 6.06. The molecule has 0 heterocycles. The maximum Gasteiger partial charge on any atom is 0.338 e. The summed E-state index contributed by atoms with van der Waals surface area (Å²) in [5.74, 6) is 0.179. The molecule has 9 N–H and O–H groups in total. The molecule has 0 aliphatic heterocycles. The highest BCUT2D eigenvalue weighted by molar-refractivity contribution is 5.75. The van der Waals surface area contributed by atoms with Crippen LogP contribution < -0.4 is 27.9 Å². The standard InChI is InChI=1S/C6H16N6O/c1-13-4(2-11-5(7)8)3-12-6(9)10/h4H,2-3H2,1H3,(H4,7,8,11)(H4,9,10,12)/p+1. The third-order valence-corrected chi connectivity index (χ3v) is 1.34. The van der Waals surface area contributed by atoms with Crippen molar-refractivity contribution < 1.29 is 9.73 Å². The summed E-state index contributed by atoms with van der Waals surface area (Å²) in [6, 6.07) is 0. The Morgan fingerprint density at radius 2 is 2.00 bits per heavy atom. The zero-order valence-electron chi connectivity index (χ0n) is 7.66. The number of methoxy groups -OCH3 is 1. The van der Waals surface area contributed by atoms with E-state index in [1.165, 1.54) is 0 Å². The lowest BCUT2D eigenvalue weighted by atomic mass is 10.3. The van der Waals surface area contributed by atoms with Gasteiger partial charge in [0.15, 0.2) is 5.96 Å². The van der Waals surface area contributed by atoms with Crippen LogP contribution in [-0.2, 0) is 4.74 Å². The van der Waals surface area contributed by atoms with Gasteiger partial charge in [-0.15, -0.1) is 0 Å². The molecule has 0 radical (unpaired) electrons. The Morgan fingerprint density at radius 3 is 2.38 bits per heavy atom. The Bertz CT molecular complexity index is 173. The third-order valence-electron chi connectivity index (χ3n) is 1.34. The first-order chi connectivity index (χ1) is 6.06. The summed E-state index contributed by atoms with van der Waals surface area (Å²) in [7, 11) is 1.56. The summed E-state index contributed by atoms with van der Waals surface area (Å²) in [6.45, 7) is 0.842. The van der Waals surface area contributed by atoms with Crippen molar-refractivity contribution in [3.05, 3.63) is 0 Å². The SMILES string of the molecule is COC(CN=C(N)N)C[NH+]=C(N)N. The first kappa shape index (κ1) is 11.5. The lowest BCUT2D eigenvalue weighted by Crippen LogP contribution is -2.80. The van der Waals surface area contributed by atoms with E-state index in [9.17, 15) is 0 Å². The fourth-order valence-electron chi connectivity index (χ4n) is 0.661. The molecule has 0 aromatic rings. The lowest BCUT2D eigenvalue weighted by molar-refractivity contribution is -0.470. The second-order valence-corrected chi connectivity index (χ2v) is 2.46. The molecule has 7 nitrogen and oxygen atoms in total. The fourth-order valence-corrected chi connectivity index (χ4v) is 0.661. The number of hydrogen-bond donors (Lipinski definition) is 5. The molecule has 0 aromatic heterocycles. The highest BCUT2D eigenvalue weighted by Gasteiger charge is 2.06. The molecule has 0 bridgehead atoms. The highest BCUT2D eigenvalue weighted by Crippen LogP contribution is 1.85. The predicted molar refractivity (Wildman–Crippen MR) is 50.7 cm³/mol. The van der Waals surface area contributed by atoms with Crippen molar-refractivity contribution in [3.8, 4) is 0 Å². The summed E-state index contributed by atoms with van der Waals surface area (Å²) in [6.07, 6.45) is -0.149. The Kier molecular flexibility index (Phi) is 5.37. The summed E-state index contributed by atoms with van der Waals surface area (Å²) in [5.41, 5.74) is 20.7. The number of nitrogens with two attached hydrogens (primary N) is 4. The van der Waals surface area contributed by atoms with Crippen molar-refractivity contribution >= 4 is 11.9 Å². The average molecular weight is 189 g/mol. The van der Waals surface area contributed by atoms with E-state index in [1.807, 2.05) is 0 Å². The smallest absolute Gasteiger partial charge is 0.338 e. The Labute approximate surface area is 76.8 Å². The maximum atomic E-state index is 5.19. The monoisotopic (exact) mass is 189 g/mol. The van der Waals surface area contributed by atoms with Gasteiger partial charge in [0, 0.05) is 7.11 Å². The van der Waals surface area contributed by atoms with E-state index in [-0.39, 0.29) is 18.0 Å². The van der Waals surface area contributed by atoms with E-state index in [0.717, 1.165) is 0 Å². The van der Waals surface area contributed by atoms with Crippen LogP contribution in [0.25, 0.3) is 0 Å². The van der Waals surface area contributed by atoms with Crippen molar-refractivity contribution in [1.82, 2.24) is 0 Å². The van der Waals surface area contributed by atoms with Crippen LogP contribution in [0.15, 0.2) is 4.99 Å². The minimum atomic E-state index is -0.149. The van der Waals surface area contributed by atoms with E-state index in [4.69, 9.17) is 27.7 Å². The van der Waals surface area contributed by atoms with Gasteiger partial charge in [-0.2, -0.15) is 0 Å². The minimum Gasteiger partial charge on any atom is -0.376 e. The van der Waals surface area contributed by atoms with Crippen LogP contribution >= 0.6 is 0 Å². The molecule has 0 amide bonds. The molecular weight excluding hydrogens is 172 g/mol. The van der Waals surface area contributed by atoms with E-state index < -0.39 is 0 Å². The normalized spacial score (nSPS) is 11.8. The van der Waals surface area contributed by atoms with Gasteiger partial charge in [0.05, 0.1) is 13.1 Å². The van der Waals surface area contributed by atoms with E-state index in [2.05, 4.69) is 9.98 Å². The molecule has 0 saturated carbocycles. The van der Waals surface area contributed by atoms with E-state index >= 15 is 0 Å². The second-order valence-electron chi connectivity index (χ2n) is 2.46. The number of nitrogens with one attached hydrogen (secondary N) is 1. The molecule has 0 spiro atoms. The zero-order valence-corrected chi connectivity index (χ0v) is 7.66.